The molecule has 0 spiro atoms. The number of urea groups is 1. The summed E-state index contributed by atoms with van der Waals surface area (Å²) < 4.78 is 5.81. The Bertz CT molecular complexity index is 744. The van der Waals surface area contributed by atoms with E-state index in [9.17, 15) is 9.59 Å². The molecule has 0 aliphatic carbocycles. The summed E-state index contributed by atoms with van der Waals surface area (Å²) in [6.07, 6.45) is 1.51. The van der Waals surface area contributed by atoms with Crippen molar-refractivity contribution in [3.8, 4) is 5.75 Å². The largest absolute Gasteiger partial charge is 0.488 e. The number of benzene rings is 2. The fourth-order valence-corrected chi connectivity index (χ4v) is 2.11. The summed E-state index contributed by atoms with van der Waals surface area (Å²) in [4.78, 5) is 22.6. The van der Waals surface area contributed by atoms with E-state index >= 15 is 0 Å². The van der Waals surface area contributed by atoms with E-state index in [1.165, 1.54) is 6.21 Å². The molecule has 3 amide bonds. The van der Waals surface area contributed by atoms with Crippen molar-refractivity contribution in [2.45, 2.75) is 6.61 Å². The molecule has 1 heterocycles. The molecule has 6 nitrogen and oxygen atoms in total. The van der Waals surface area contributed by atoms with Crippen LogP contribution in [-0.2, 0) is 11.4 Å². The van der Waals surface area contributed by atoms with Crippen molar-refractivity contribution in [3.63, 3.8) is 0 Å². The average Bonchev–Trinajstić information content (AvgIpc) is 2.90. The number of hydrogen-bond donors (Lipinski definition) is 1. The highest BCUT2D eigenvalue weighted by Gasteiger charge is 2.25. The summed E-state index contributed by atoms with van der Waals surface area (Å²) in [5.74, 6) is 0.298. The average molecular weight is 309 g/mol. The molecule has 1 N–H and O–H groups in total. The molecule has 1 saturated heterocycles. The Labute approximate surface area is 133 Å². The van der Waals surface area contributed by atoms with Crippen molar-refractivity contribution in [3.05, 3.63) is 65.7 Å². The van der Waals surface area contributed by atoms with E-state index in [4.69, 9.17) is 4.74 Å². The van der Waals surface area contributed by atoms with Gasteiger partial charge in [-0.2, -0.15) is 5.10 Å². The number of carbonyl (C=O) groups excluding carboxylic acids is 2. The highest BCUT2D eigenvalue weighted by atomic mass is 16.5. The highest BCUT2D eigenvalue weighted by Crippen LogP contribution is 2.18. The Kier molecular flexibility index (Phi) is 4.33. The molecular formula is C17H15N3O3. The monoisotopic (exact) mass is 309 g/mol. The Balaban J connectivity index is 1.70. The van der Waals surface area contributed by atoms with E-state index in [2.05, 4.69) is 10.4 Å². The lowest BCUT2D eigenvalue weighted by molar-refractivity contribution is -0.118. The van der Waals surface area contributed by atoms with Crippen molar-refractivity contribution >= 4 is 18.2 Å². The third-order valence-corrected chi connectivity index (χ3v) is 3.27. The van der Waals surface area contributed by atoms with Crippen molar-refractivity contribution in [1.29, 1.82) is 0 Å². The van der Waals surface area contributed by atoms with Crippen LogP contribution in [0.5, 0.6) is 5.75 Å². The SMILES string of the molecule is O=C1CN(/N=C\c2ccccc2OCc2ccccc2)C(=O)N1. The van der Waals surface area contributed by atoms with Gasteiger partial charge in [-0.1, -0.05) is 42.5 Å². The van der Waals surface area contributed by atoms with E-state index in [0.29, 0.717) is 12.4 Å². The smallest absolute Gasteiger partial charge is 0.344 e. The van der Waals surface area contributed by atoms with Crippen LogP contribution < -0.4 is 10.1 Å². The van der Waals surface area contributed by atoms with Crippen molar-refractivity contribution in [2.75, 3.05) is 6.54 Å². The van der Waals surface area contributed by atoms with E-state index in [-0.39, 0.29) is 12.5 Å². The number of nitrogens with zero attached hydrogens (tertiary/aromatic N) is 2. The summed E-state index contributed by atoms with van der Waals surface area (Å²) >= 11 is 0. The molecule has 0 unspecified atom stereocenters. The Hall–Kier alpha value is -3.15. The molecule has 1 fully saturated rings. The molecule has 2 aromatic carbocycles. The molecule has 2 aromatic rings. The minimum absolute atomic E-state index is 0.0671. The predicted molar refractivity (Wildman–Crippen MR) is 85.1 cm³/mol. The second kappa shape index (κ2) is 6.74. The van der Waals surface area contributed by atoms with Gasteiger partial charge in [0.2, 0.25) is 5.91 Å². The molecule has 3 rings (SSSR count). The second-order valence-electron chi connectivity index (χ2n) is 4.97. The number of amides is 3. The van der Waals surface area contributed by atoms with Crippen molar-refractivity contribution < 1.29 is 14.3 Å². The van der Waals surface area contributed by atoms with Crippen LogP contribution in [0.25, 0.3) is 0 Å². The van der Waals surface area contributed by atoms with Crippen LogP contribution >= 0.6 is 0 Å². The highest BCUT2D eigenvalue weighted by molar-refractivity contribution is 6.02. The fraction of sp³-hybridized carbons (Fsp3) is 0.118. The number of hydrazone groups is 1. The van der Waals surface area contributed by atoms with Crippen LogP contribution in [-0.4, -0.2) is 29.7 Å². The molecule has 23 heavy (non-hydrogen) atoms. The van der Waals surface area contributed by atoms with Gasteiger partial charge in [-0.25, -0.2) is 9.80 Å². The first-order chi connectivity index (χ1) is 11.2. The molecule has 1 aliphatic heterocycles. The van der Waals surface area contributed by atoms with Crippen molar-refractivity contribution in [1.82, 2.24) is 10.3 Å². The number of hydrogen-bond acceptors (Lipinski definition) is 4. The zero-order valence-corrected chi connectivity index (χ0v) is 12.3. The minimum Gasteiger partial charge on any atom is -0.488 e. The molecule has 1 aliphatic rings. The Morgan fingerprint density at radius 3 is 2.57 bits per heavy atom. The first-order valence-electron chi connectivity index (χ1n) is 7.13. The van der Waals surface area contributed by atoms with E-state index < -0.39 is 6.03 Å². The first kappa shape index (κ1) is 14.8. The number of ether oxygens (including phenoxy) is 1. The summed E-state index contributed by atoms with van der Waals surface area (Å²) in [6.45, 7) is 0.372. The topological polar surface area (TPSA) is 71.0 Å². The lowest BCUT2D eigenvalue weighted by atomic mass is 10.2. The second-order valence-corrected chi connectivity index (χ2v) is 4.97. The van der Waals surface area contributed by atoms with Gasteiger partial charge < -0.3 is 4.74 Å². The first-order valence-corrected chi connectivity index (χ1v) is 7.13. The quantitative estimate of drug-likeness (QED) is 0.679. The number of rotatable bonds is 5. The third-order valence-electron chi connectivity index (χ3n) is 3.27. The molecule has 116 valence electrons. The maximum Gasteiger partial charge on any atom is 0.344 e. The lowest BCUT2D eigenvalue weighted by Crippen LogP contribution is -2.24. The van der Waals surface area contributed by atoms with Gasteiger partial charge in [0.25, 0.3) is 0 Å². The van der Waals surface area contributed by atoms with Crippen LogP contribution in [0, 0.1) is 0 Å². The predicted octanol–water partition coefficient (Wildman–Crippen LogP) is 2.15. The van der Waals surface area contributed by atoms with Gasteiger partial charge in [0, 0.05) is 5.56 Å². The molecule has 0 saturated carbocycles. The van der Waals surface area contributed by atoms with E-state index in [1.54, 1.807) is 0 Å². The summed E-state index contributed by atoms with van der Waals surface area (Å²) in [7, 11) is 0. The summed E-state index contributed by atoms with van der Waals surface area (Å²) in [5.41, 5.74) is 1.79. The van der Waals surface area contributed by atoms with Gasteiger partial charge in [0.05, 0.1) is 6.21 Å². The molecule has 6 heteroatoms. The van der Waals surface area contributed by atoms with Gasteiger partial charge in [-0.3, -0.25) is 10.1 Å². The minimum atomic E-state index is -0.520. The maximum atomic E-state index is 11.5. The van der Waals surface area contributed by atoms with Gasteiger partial charge in [0.1, 0.15) is 18.9 Å². The summed E-state index contributed by atoms with van der Waals surface area (Å²) in [5, 5.41) is 7.28. The van der Waals surface area contributed by atoms with Crippen LogP contribution in [0.3, 0.4) is 0 Å². The number of imide groups is 1. The fourth-order valence-electron chi connectivity index (χ4n) is 2.11. The van der Waals surface area contributed by atoms with Gasteiger partial charge >= 0.3 is 6.03 Å². The van der Waals surface area contributed by atoms with Gasteiger partial charge in [-0.15, -0.1) is 0 Å². The van der Waals surface area contributed by atoms with Crippen LogP contribution in [0.4, 0.5) is 4.79 Å². The van der Waals surface area contributed by atoms with E-state index in [0.717, 1.165) is 16.1 Å². The zero-order chi connectivity index (χ0) is 16.1. The van der Waals surface area contributed by atoms with Crippen LogP contribution in [0.1, 0.15) is 11.1 Å². The number of nitrogens with one attached hydrogen (secondary N) is 1. The van der Waals surface area contributed by atoms with Crippen LogP contribution in [0.2, 0.25) is 0 Å². The molecular weight excluding hydrogens is 294 g/mol. The Morgan fingerprint density at radius 1 is 1.09 bits per heavy atom. The van der Waals surface area contributed by atoms with E-state index in [1.807, 2.05) is 54.6 Å². The summed E-state index contributed by atoms with van der Waals surface area (Å²) in [6, 6.07) is 16.7. The maximum absolute atomic E-state index is 11.5. The standard InChI is InChI=1S/C17H15N3O3/c21-16-11-20(17(22)19-16)18-10-14-8-4-5-9-15(14)23-12-13-6-2-1-3-7-13/h1-10H,11-12H2,(H,19,21,22)/b18-10-. The Morgan fingerprint density at radius 2 is 1.83 bits per heavy atom. The van der Waals surface area contributed by atoms with Gasteiger partial charge in [0.15, 0.2) is 0 Å². The lowest BCUT2D eigenvalue weighted by Gasteiger charge is -2.10. The van der Waals surface area contributed by atoms with Crippen LogP contribution in [0.15, 0.2) is 59.7 Å². The molecule has 0 atom stereocenters. The molecule has 0 radical (unpaired) electrons. The normalized spacial score (nSPS) is 14.3. The molecule has 0 bridgehead atoms. The number of carbonyl (C=O) groups is 2. The molecule has 0 aromatic heterocycles. The number of para-hydroxylation sites is 1. The zero-order valence-electron chi connectivity index (χ0n) is 12.3. The third kappa shape index (κ3) is 3.74. The van der Waals surface area contributed by atoms with Gasteiger partial charge in [-0.05, 0) is 17.7 Å². The van der Waals surface area contributed by atoms with Crippen molar-refractivity contribution in [2.24, 2.45) is 5.10 Å².